The van der Waals surface area contributed by atoms with E-state index in [1.54, 1.807) is 13.3 Å². The minimum atomic E-state index is 0.473. The Kier molecular flexibility index (Phi) is 7.91. The van der Waals surface area contributed by atoms with Crippen LogP contribution in [0.15, 0.2) is 39.9 Å². The molecule has 0 unspecified atom stereocenters. The smallest absolute Gasteiger partial charge is 0.226 e. The van der Waals surface area contributed by atoms with Crippen LogP contribution in [0.2, 0.25) is 0 Å². The van der Waals surface area contributed by atoms with Gasteiger partial charge in [-0.3, -0.25) is 4.99 Å². The van der Waals surface area contributed by atoms with Crippen molar-refractivity contribution in [2.45, 2.75) is 58.1 Å². The van der Waals surface area contributed by atoms with E-state index in [2.05, 4.69) is 39.7 Å². The highest BCUT2D eigenvalue weighted by atomic mass is 16.5. The Morgan fingerprint density at radius 2 is 1.96 bits per heavy atom. The Hall–Kier alpha value is -2.34. The van der Waals surface area contributed by atoms with Gasteiger partial charge in [0.1, 0.15) is 6.26 Å². The van der Waals surface area contributed by atoms with E-state index in [0.717, 1.165) is 36.8 Å². The van der Waals surface area contributed by atoms with Gasteiger partial charge in [-0.05, 0) is 38.3 Å². The first-order valence-corrected chi connectivity index (χ1v) is 10.3. The molecule has 6 heteroatoms. The van der Waals surface area contributed by atoms with Crippen molar-refractivity contribution < 1.29 is 9.15 Å². The maximum absolute atomic E-state index is 5.96. The molecule has 1 aromatic carbocycles. The number of oxazole rings is 1. The number of ether oxygens (including phenoxy) is 1. The molecule has 0 saturated heterocycles. The van der Waals surface area contributed by atoms with Crippen molar-refractivity contribution in [3.63, 3.8) is 0 Å². The number of aromatic nitrogens is 1. The number of aryl methyl sites for hydroxylation is 1. The van der Waals surface area contributed by atoms with Gasteiger partial charge in [0.2, 0.25) is 5.89 Å². The van der Waals surface area contributed by atoms with E-state index < -0.39 is 0 Å². The van der Waals surface area contributed by atoms with E-state index in [0.29, 0.717) is 18.5 Å². The Morgan fingerprint density at radius 3 is 2.71 bits per heavy atom. The van der Waals surface area contributed by atoms with Crippen molar-refractivity contribution in [1.29, 1.82) is 0 Å². The van der Waals surface area contributed by atoms with Crippen LogP contribution in [0, 0.1) is 6.92 Å². The van der Waals surface area contributed by atoms with Crippen molar-refractivity contribution >= 4 is 5.96 Å². The fourth-order valence-electron chi connectivity index (χ4n) is 3.37. The zero-order valence-corrected chi connectivity index (χ0v) is 17.0. The molecule has 1 aromatic heterocycles. The second kappa shape index (κ2) is 10.9. The van der Waals surface area contributed by atoms with Crippen LogP contribution in [0.25, 0.3) is 11.5 Å². The minimum Gasteiger partial charge on any atom is -0.444 e. The largest absolute Gasteiger partial charge is 0.444 e. The Morgan fingerprint density at radius 1 is 1.18 bits per heavy atom. The molecule has 0 bridgehead atoms. The summed E-state index contributed by atoms with van der Waals surface area (Å²) in [7, 11) is 1.77. The van der Waals surface area contributed by atoms with Gasteiger partial charge < -0.3 is 19.8 Å². The van der Waals surface area contributed by atoms with E-state index in [1.165, 1.54) is 37.7 Å². The highest BCUT2D eigenvalue weighted by Gasteiger charge is 2.13. The van der Waals surface area contributed by atoms with Gasteiger partial charge in [0.25, 0.3) is 0 Å². The summed E-state index contributed by atoms with van der Waals surface area (Å²) in [6.45, 7) is 4.26. The van der Waals surface area contributed by atoms with E-state index in [4.69, 9.17) is 9.15 Å². The second-order valence-corrected chi connectivity index (χ2v) is 7.35. The molecule has 6 nitrogen and oxygen atoms in total. The lowest BCUT2D eigenvalue weighted by molar-refractivity contribution is 0.0277. The Balaban J connectivity index is 1.35. The highest BCUT2D eigenvalue weighted by molar-refractivity contribution is 5.79. The molecule has 152 valence electrons. The fraction of sp³-hybridized carbons (Fsp3) is 0.545. The standard InChI is InChI=1S/C22H32N4O2/c1-17-9-11-18(12-10-17)21-26-19(16-28-21)15-25-22(23-2)24-13-6-14-27-20-7-4-3-5-8-20/h9-12,16,20H,3-8,13-15H2,1-2H3,(H2,23,24,25). The topological polar surface area (TPSA) is 71.7 Å². The summed E-state index contributed by atoms with van der Waals surface area (Å²) < 4.78 is 11.6. The summed E-state index contributed by atoms with van der Waals surface area (Å²) in [5.74, 6) is 1.40. The average molecular weight is 385 g/mol. The molecule has 3 rings (SSSR count). The average Bonchev–Trinajstić information content (AvgIpc) is 3.20. The molecule has 28 heavy (non-hydrogen) atoms. The monoisotopic (exact) mass is 384 g/mol. The Bertz CT molecular complexity index is 733. The first kappa shape index (κ1) is 20.4. The number of rotatable bonds is 8. The normalized spacial score (nSPS) is 15.6. The van der Waals surface area contributed by atoms with Crippen LogP contribution >= 0.6 is 0 Å². The van der Waals surface area contributed by atoms with E-state index in [9.17, 15) is 0 Å². The van der Waals surface area contributed by atoms with Crippen molar-refractivity contribution in [2.24, 2.45) is 4.99 Å². The van der Waals surface area contributed by atoms with Crippen molar-refractivity contribution in [2.75, 3.05) is 20.2 Å². The van der Waals surface area contributed by atoms with Gasteiger partial charge in [-0.15, -0.1) is 0 Å². The zero-order chi connectivity index (χ0) is 19.6. The predicted octanol–water partition coefficient (Wildman–Crippen LogP) is 4.05. The lowest BCUT2D eigenvalue weighted by atomic mass is 9.98. The van der Waals surface area contributed by atoms with E-state index in [1.807, 2.05) is 12.1 Å². The third kappa shape index (κ3) is 6.37. The molecule has 1 heterocycles. The molecule has 0 atom stereocenters. The Labute approximate surface area is 167 Å². The van der Waals surface area contributed by atoms with Gasteiger partial charge in [0.15, 0.2) is 5.96 Å². The number of aliphatic imine (C=N–C) groups is 1. The number of nitrogens with one attached hydrogen (secondary N) is 2. The first-order valence-electron chi connectivity index (χ1n) is 10.3. The third-order valence-electron chi connectivity index (χ3n) is 5.03. The van der Waals surface area contributed by atoms with Crippen LogP contribution in [0.4, 0.5) is 0 Å². The zero-order valence-electron chi connectivity index (χ0n) is 17.0. The van der Waals surface area contributed by atoms with Crippen molar-refractivity contribution in [3.05, 3.63) is 41.8 Å². The number of hydrogen-bond acceptors (Lipinski definition) is 4. The molecule has 0 amide bonds. The second-order valence-electron chi connectivity index (χ2n) is 7.35. The van der Waals surface area contributed by atoms with Crippen LogP contribution in [0.3, 0.4) is 0 Å². The highest BCUT2D eigenvalue weighted by Crippen LogP contribution is 2.20. The third-order valence-corrected chi connectivity index (χ3v) is 5.03. The molecule has 1 saturated carbocycles. The van der Waals surface area contributed by atoms with Crippen LogP contribution < -0.4 is 10.6 Å². The lowest BCUT2D eigenvalue weighted by Crippen LogP contribution is -2.37. The number of hydrogen-bond donors (Lipinski definition) is 2. The summed E-state index contributed by atoms with van der Waals surface area (Å²) in [5.41, 5.74) is 3.05. The van der Waals surface area contributed by atoms with Crippen LogP contribution in [-0.4, -0.2) is 37.2 Å². The van der Waals surface area contributed by atoms with Crippen LogP contribution in [0.5, 0.6) is 0 Å². The van der Waals surface area contributed by atoms with Gasteiger partial charge >= 0.3 is 0 Å². The summed E-state index contributed by atoms with van der Waals surface area (Å²) in [5, 5.41) is 6.60. The van der Waals surface area contributed by atoms with Crippen LogP contribution in [-0.2, 0) is 11.3 Å². The van der Waals surface area contributed by atoms with E-state index in [-0.39, 0.29) is 0 Å². The molecule has 1 aliphatic carbocycles. The molecule has 0 radical (unpaired) electrons. The molecule has 1 aliphatic rings. The summed E-state index contributed by atoms with van der Waals surface area (Å²) in [4.78, 5) is 8.81. The molecule has 2 N–H and O–H groups in total. The number of nitrogens with zero attached hydrogens (tertiary/aromatic N) is 2. The van der Waals surface area contributed by atoms with Gasteiger partial charge in [-0.1, -0.05) is 37.0 Å². The molecular weight excluding hydrogens is 352 g/mol. The number of guanidine groups is 1. The molecule has 1 fully saturated rings. The summed E-state index contributed by atoms with van der Waals surface area (Å²) >= 11 is 0. The summed E-state index contributed by atoms with van der Waals surface area (Å²) in [6, 6.07) is 8.16. The number of benzene rings is 1. The lowest BCUT2D eigenvalue weighted by Gasteiger charge is -2.22. The van der Waals surface area contributed by atoms with Gasteiger partial charge in [-0.2, -0.15) is 0 Å². The molecular formula is C22H32N4O2. The maximum atomic E-state index is 5.96. The predicted molar refractivity (Wildman–Crippen MR) is 112 cm³/mol. The quantitative estimate of drug-likeness (QED) is 0.408. The van der Waals surface area contributed by atoms with Crippen molar-refractivity contribution in [3.8, 4) is 11.5 Å². The minimum absolute atomic E-state index is 0.473. The van der Waals surface area contributed by atoms with Gasteiger partial charge in [0.05, 0.1) is 18.3 Å². The van der Waals surface area contributed by atoms with Gasteiger partial charge in [0, 0.05) is 25.8 Å². The molecule has 0 spiro atoms. The van der Waals surface area contributed by atoms with E-state index >= 15 is 0 Å². The maximum Gasteiger partial charge on any atom is 0.226 e. The van der Waals surface area contributed by atoms with Gasteiger partial charge in [-0.25, -0.2) is 4.98 Å². The van der Waals surface area contributed by atoms with Crippen molar-refractivity contribution in [1.82, 2.24) is 15.6 Å². The summed E-state index contributed by atoms with van der Waals surface area (Å²) in [6.07, 6.45) is 9.56. The molecule has 0 aliphatic heterocycles. The van der Waals surface area contributed by atoms with Crippen LogP contribution in [0.1, 0.15) is 49.8 Å². The fourth-order valence-corrected chi connectivity index (χ4v) is 3.37. The first-order chi connectivity index (χ1) is 13.7. The molecule has 2 aromatic rings. The SMILES string of the molecule is CN=C(NCCCOC1CCCCC1)NCc1coc(-c2ccc(C)cc2)n1.